The molecule has 0 fully saturated rings. The molecule has 1 heterocycles. The Bertz CT molecular complexity index is 282. The highest BCUT2D eigenvalue weighted by atomic mass is 16.1. The molecule has 0 atom stereocenters. The standard InChI is InChI=1S/C7H13N5O/c1-8-4-7(13)9-3-6-10-5-12(2)11-6/h5,8H,3-4H2,1-2H3,(H,9,13). The van der Waals surface area contributed by atoms with E-state index in [0.717, 1.165) is 0 Å². The molecule has 72 valence electrons. The molecule has 0 spiro atoms. The lowest BCUT2D eigenvalue weighted by Crippen LogP contribution is -2.31. The molecular formula is C7H13N5O. The second kappa shape index (κ2) is 4.56. The summed E-state index contributed by atoms with van der Waals surface area (Å²) < 4.78 is 1.60. The number of amides is 1. The average molecular weight is 183 g/mol. The van der Waals surface area contributed by atoms with Gasteiger partial charge in [0.25, 0.3) is 0 Å². The van der Waals surface area contributed by atoms with Crippen LogP contribution in [-0.4, -0.2) is 34.3 Å². The van der Waals surface area contributed by atoms with E-state index < -0.39 is 0 Å². The van der Waals surface area contributed by atoms with E-state index in [9.17, 15) is 4.79 Å². The van der Waals surface area contributed by atoms with Gasteiger partial charge in [0.05, 0.1) is 13.1 Å². The van der Waals surface area contributed by atoms with Gasteiger partial charge in [-0.25, -0.2) is 4.98 Å². The van der Waals surface area contributed by atoms with Gasteiger partial charge >= 0.3 is 0 Å². The van der Waals surface area contributed by atoms with Gasteiger partial charge < -0.3 is 10.6 Å². The Kier molecular flexibility index (Phi) is 3.39. The number of hydrogen-bond donors (Lipinski definition) is 2. The van der Waals surface area contributed by atoms with Crippen molar-refractivity contribution in [3.63, 3.8) is 0 Å². The van der Waals surface area contributed by atoms with E-state index in [1.165, 1.54) is 0 Å². The highest BCUT2D eigenvalue weighted by molar-refractivity contribution is 5.77. The Balaban J connectivity index is 2.30. The van der Waals surface area contributed by atoms with Gasteiger partial charge in [-0.1, -0.05) is 0 Å². The van der Waals surface area contributed by atoms with Crippen molar-refractivity contribution < 1.29 is 4.79 Å². The SMILES string of the molecule is CNCC(=O)NCc1ncn(C)n1. The summed E-state index contributed by atoms with van der Waals surface area (Å²) in [6.45, 7) is 0.689. The number of aryl methyl sites for hydroxylation is 1. The molecular weight excluding hydrogens is 170 g/mol. The normalized spacial score (nSPS) is 10.0. The molecule has 6 heteroatoms. The van der Waals surface area contributed by atoms with Crippen molar-refractivity contribution in [2.24, 2.45) is 7.05 Å². The van der Waals surface area contributed by atoms with Crippen LogP contribution < -0.4 is 10.6 Å². The molecule has 2 N–H and O–H groups in total. The lowest BCUT2D eigenvalue weighted by Gasteiger charge is -2.00. The third kappa shape index (κ3) is 3.20. The summed E-state index contributed by atoms with van der Waals surface area (Å²) >= 11 is 0. The summed E-state index contributed by atoms with van der Waals surface area (Å²) in [5.74, 6) is 0.557. The van der Waals surface area contributed by atoms with Crippen molar-refractivity contribution in [1.82, 2.24) is 25.4 Å². The number of carbonyl (C=O) groups excluding carboxylic acids is 1. The molecule has 0 bridgehead atoms. The van der Waals surface area contributed by atoms with Crippen LogP contribution in [0.3, 0.4) is 0 Å². The summed E-state index contributed by atoms with van der Waals surface area (Å²) in [4.78, 5) is 15.0. The van der Waals surface area contributed by atoms with Gasteiger partial charge in [-0.15, -0.1) is 0 Å². The first-order valence-corrected chi connectivity index (χ1v) is 3.98. The fourth-order valence-electron chi connectivity index (χ4n) is 0.866. The molecule has 0 unspecified atom stereocenters. The van der Waals surface area contributed by atoms with Crippen LogP contribution in [0.1, 0.15) is 5.82 Å². The van der Waals surface area contributed by atoms with Gasteiger partial charge in [0.1, 0.15) is 6.33 Å². The van der Waals surface area contributed by atoms with E-state index in [1.54, 1.807) is 25.1 Å². The molecule has 0 saturated carbocycles. The van der Waals surface area contributed by atoms with Crippen molar-refractivity contribution in [3.8, 4) is 0 Å². The molecule has 13 heavy (non-hydrogen) atoms. The Morgan fingerprint density at radius 2 is 2.46 bits per heavy atom. The third-order valence-electron chi connectivity index (χ3n) is 1.43. The first kappa shape index (κ1) is 9.66. The van der Waals surface area contributed by atoms with E-state index in [0.29, 0.717) is 18.9 Å². The topological polar surface area (TPSA) is 71.8 Å². The summed E-state index contributed by atoms with van der Waals surface area (Å²) in [6.07, 6.45) is 1.60. The summed E-state index contributed by atoms with van der Waals surface area (Å²) in [6, 6.07) is 0. The van der Waals surface area contributed by atoms with E-state index in [-0.39, 0.29) is 5.91 Å². The maximum Gasteiger partial charge on any atom is 0.234 e. The third-order valence-corrected chi connectivity index (χ3v) is 1.43. The number of rotatable bonds is 4. The Morgan fingerprint density at radius 3 is 3.00 bits per heavy atom. The van der Waals surface area contributed by atoms with Gasteiger partial charge in [-0.2, -0.15) is 5.10 Å². The lowest BCUT2D eigenvalue weighted by molar-refractivity contribution is -0.120. The van der Waals surface area contributed by atoms with Crippen LogP contribution in [0.5, 0.6) is 0 Å². The number of aromatic nitrogens is 3. The number of likely N-dealkylation sites (N-methyl/N-ethyl adjacent to an activating group) is 1. The molecule has 0 radical (unpaired) electrons. The minimum absolute atomic E-state index is 0.0602. The van der Waals surface area contributed by atoms with Gasteiger partial charge in [0, 0.05) is 7.05 Å². The number of nitrogens with one attached hydrogen (secondary N) is 2. The van der Waals surface area contributed by atoms with Crippen LogP contribution in [0.2, 0.25) is 0 Å². The predicted octanol–water partition coefficient (Wildman–Crippen LogP) is -1.35. The Labute approximate surface area is 76.3 Å². The van der Waals surface area contributed by atoms with E-state index >= 15 is 0 Å². The average Bonchev–Trinajstić information content (AvgIpc) is 2.49. The lowest BCUT2D eigenvalue weighted by atomic mass is 10.5. The molecule has 0 aliphatic heterocycles. The van der Waals surface area contributed by atoms with E-state index in [4.69, 9.17) is 0 Å². The molecule has 1 aromatic heterocycles. The minimum Gasteiger partial charge on any atom is -0.348 e. The monoisotopic (exact) mass is 183 g/mol. The van der Waals surface area contributed by atoms with E-state index in [1.807, 2.05) is 0 Å². The number of hydrogen-bond acceptors (Lipinski definition) is 4. The van der Waals surface area contributed by atoms with Gasteiger partial charge in [0.2, 0.25) is 5.91 Å². The zero-order chi connectivity index (χ0) is 9.68. The second-order valence-corrected chi connectivity index (χ2v) is 2.64. The molecule has 1 amide bonds. The van der Waals surface area contributed by atoms with Crippen molar-refractivity contribution in [2.75, 3.05) is 13.6 Å². The highest BCUT2D eigenvalue weighted by Gasteiger charge is 2.01. The number of nitrogens with zero attached hydrogens (tertiary/aromatic N) is 3. The maximum atomic E-state index is 11.0. The molecule has 0 aliphatic carbocycles. The smallest absolute Gasteiger partial charge is 0.234 e. The summed E-state index contributed by atoms with van der Waals surface area (Å²) in [5, 5.41) is 9.44. The maximum absolute atomic E-state index is 11.0. The van der Waals surface area contributed by atoms with Gasteiger partial charge in [0.15, 0.2) is 5.82 Å². The molecule has 0 aliphatic rings. The van der Waals surface area contributed by atoms with E-state index in [2.05, 4.69) is 20.7 Å². The zero-order valence-electron chi connectivity index (χ0n) is 7.74. The predicted molar refractivity (Wildman–Crippen MR) is 46.8 cm³/mol. The minimum atomic E-state index is -0.0602. The first-order valence-electron chi connectivity index (χ1n) is 3.98. The van der Waals surface area contributed by atoms with Crippen LogP contribution in [-0.2, 0) is 18.4 Å². The molecule has 6 nitrogen and oxygen atoms in total. The Hall–Kier alpha value is -1.43. The van der Waals surface area contributed by atoms with Crippen molar-refractivity contribution >= 4 is 5.91 Å². The highest BCUT2D eigenvalue weighted by Crippen LogP contribution is 1.85. The van der Waals surface area contributed by atoms with Crippen molar-refractivity contribution in [1.29, 1.82) is 0 Å². The van der Waals surface area contributed by atoms with Crippen LogP contribution in [0.15, 0.2) is 6.33 Å². The molecule has 1 aromatic rings. The van der Waals surface area contributed by atoms with Crippen LogP contribution in [0.4, 0.5) is 0 Å². The van der Waals surface area contributed by atoms with Crippen molar-refractivity contribution in [3.05, 3.63) is 12.2 Å². The largest absolute Gasteiger partial charge is 0.348 e. The molecule has 0 aromatic carbocycles. The fourth-order valence-corrected chi connectivity index (χ4v) is 0.866. The van der Waals surface area contributed by atoms with Crippen LogP contribution in [0.25, 0.3) is 0 Å². The summed E-state index contributed by atoms with van der Waals surface area (Å²) in [7, 11) is 3.50. The summed E-state index contributed by atoms with van der Waals surface area (Å²) in [5.41, 5.74) is 0. The Morgan fingerprint density at radius 1 is 1.69 bits per heavy atom. The zero-order valence-corrected chi connectivity index (χ0v) is 7.74. The van der Waals surface area contributed by atoms with Crippen LogP contribution in [0, 0.1) is 0 Å². The van der Waals surface area contributed by atoms with Crippen molar-refractivity contribution in [2.45, 2.75) is 6.54 Å². The van der Waals surface area contributed by atoms with Crippen LogP contribution >= 0.6 is 0 Å². The quantitative estimate of drug-likeness (QED) is 0.605. The second-order valence-electron chi connectivity index (χ2n) is 2.64. The van der Waals surface area contributed by atoms with Gasteiger partial charge in [-0.05, 0) is 7.05 Å². The number of carbonyl (C=O) groups is 1. The fraction of sp³-hybridized carbons (Fsp3) is 0.571. The van der Waals surface area contributed by atoms with Gasteiger partial charge in [-0.3, -0.25) is 9.48 Å². The molecule has 0 saturated heterocycles. The molecule has 1 rings (SSSR count). The first-order chi connectivity index (χ1) is 6.22.